The highest BCUT2D eigenvalue weighted by atomic mass is 32.1. The standard InChI is InChI=1S/C18H23N3O3S/c1-3-4-5-6-7-12-8-13-9-14(11(2)20-21-18(19)25)17(23)24-16(13)10-15(12)22/h8-10,20,22H,2-7H2,1H3,(H3,19,21,25). The maximum absolute atomic E-state index is 12.1. The normalized spacial score (nSPS) is 10.6. The first kappa shape index (κ1) is 18.8. The molecule has 0 saturated heterocycles. The fraction of sp³-hybridized carbons (Fsp3) is 0.333. The second-order valence-corrected chi connectivity index (χ2v) is 6.31. The van der Waals surface area contributed by atoms with Crippen LogP contribution in [0.2, 0.25) is 0 Å². The molecule has 0 atom stereocenters. The Kier molecular flexibility index (Phi) is 6.41. The Bertz CT molecular complexity index is 845. The van der Waals surface area contributed by atoms with Gasteiger partial charge in [0.25, 0.3) is 0 Å². The molecule has 2 aromatic rings. The molecule has 5 N–H and O–H groups in total. The Balaban J connectivity index is 2.29. The molecule has 0 aliphatic rings. The number of hydrazine groups is 1. The van der Waals surface area contributed by atoms with E-state index < -0.39 is 5.63 Å². The number of benzene rings is 1. The third kappa shape index (κ3) is 4.96. The lowest BCUT2D eigenvalue weighted by molar-refractivity contribution is 0.464. The van der Waals surface area contributed by atoms with Crippen LogP contribution in [0.5, 0.6) is 5.75 Å². The Hall–Kier alpha value is -2.54. The molecule has 0 amide bonds. The SMILES string of the molecule is C=C(NNC(N)=S)c1cc2cc(CCCCCC)c(O)cc2oc1=O. The molecule has 1 aromatic carbocycles. The van der Waals surface area contributed by atoms with Crippen LogP contribution in [0.25, 0.3) is 16.7 Å². The van der Waals surface area contributed by atoms with Gasteiger partial charge in [-0.2, -0.15) is 0 Å². The molecule has 0 fully saturated rings. The molecule has 1 heterocycles. The highest BCUT2D eigenvalue weighted by Gasteiger charge is 2.12. The quantitative estimate of drug-likeness (QED) is 0.248. The van der Waals surface area contributed by atoms with E-state index >= 15 is 0 Å². The number of nitrogens with one attached hydrogen (secondary N) is 2. The van der Waals surface area contributed by atoms with Crippen LogP contribution in [-0.2, 0) is 6.42 Å². The van der Waals surface area contributed by atoms with Crippen molar-refractivity contribution in [3.63, 3.8) is 0 Å². The van der Waals surface area contributed by atoms with E-state index in [1.54, 1.807) is 6.07 Å². The number of hydrogen-bond acceptors (Lipinski definition) is 5. The topological polar surface area (TPSA) is 101 Å². The molecule has 25 heavy (non-hydrogen) atoms. The largest absolute Gasteiger partial charge is 0.508 e. The molecule has 6 nitrogen and oxygen atoms in total. The van der Waals surface area contributed by atoms with E-state index in [9.17, 15) is 9.90 Å². The average Bonchev–Trinajstić information content (AvgIpc) is 2.56. The number of hydrogen-bond donors (Lipinski definition) is 4. The van der Waals surface area contributed by atoms with Crippen LogP contribution < -0.4 is 22.2 Å². The third-order valence-electron chi connectivity index (χ3n) is 3.89. The summed E-state index contributed by atoms with van der Waals surface area (Å²) < 4.78 is 5.29. The minimum Gasteiger partial charge on any atom is -0.508 e. The Morgan fingerprint density at radius 1 is 1.28 bits per heavy atom. The third-order valence-corrected chi connectivity index (χ3v) is 4.00. The zero-order valence-corrected chi connectivity index (χ0v) is 15.0. The van der Waals surface area contributed by atoms with Crippen molar-refractivity contribution in [2.45, 2.75) is 39.0 Å². The summed E-state index contributed by atoms with van der Waals surface area (Å²) in [6.45, 7) is 5.93. The van der Waals surface area contributed by atoms with Gasteiger partial charge in [0.15, 0.2) is 5.11 Å². The predicted octanol–water partition coefficient (Wildman–Crippen LogP) is 2.93. The molecule has 1 aromatic heterocycles. The number of nitrogens with two attached hydrogens (primary N) is 1. The molecule has 0 saturated carbocycles. The lowest BCUT2D eigenvalue weighted by atomic mass is 10.0. The number of thiocarbonyl (C=S) groups is 1. The summed E-state index contributed by atoms with van der Waals surface area (Å²) in [6, 6.07) is 5.00. The van der Waals surface area contributed by atoms with Gasteiger partial charge in [-0.1, -0.05) is 32.8 Å². The van der Waals surface area contributed by atoms with Gasteiger partial charge in [0, 0.05) is 11.5 Å². The zero-order valence-electron chi connectivity index (χ0n) is 14.2. The minimum atomic E-state index is -0.565. The van der Waals surface area contributed by atoms with Crippen molar-refractivity contribution in [3.8, 4) is 5.75 Å². The lowest BCUT2D eigenvalue weighted by Crippen LogP contribution is -2.40. The summed E-state index contributed by atoms with van der Waals surface area (Å²) in [6.07, 6.45) is 5.23. The second kappa shape index (κ2) is 8.53. The summed E-state index contributed by atoms with van der Waals surface area (Å²) in [4.78, 5) is 12.1. The molecule has 0 radical (unpaired) electrons. The summed E-state index contributed by atoms with van der Waals surface area (Å²) in [5, 5.41) is 10.9. The van der Waals surface area contributed by atoms with Crippen molar-refractivity contribution >= 4 is 34.0 Å². The fourth-order valence-electron chi connectivity index (χ4n) is 2.56. The van der Waals surface area contributed by atoms with Gasteiger partial charge in [-0.15, -0.1) is 0 Å². The van der Waals surface area contributed by atoms with Crippen LogP contribution in [0.15, 0.2) is 34.0 Å². The van der Waals surface area contributed by atoms with Crippen LogP contribution in [0.3, 0.4) is 0 Å². The van der Waals surface area contributed by atoms with Gasteiger partial charge < -0.3 is 15.3 Å². The molecular formula is C18H23N3O3S. The number of fused-ring (bicyclic) bond motifs is 1. The summed E-state index contributed by atoms with van der Waals surface area (Å²) in [5.41, 5.74) is 11.7. The van der Waals surface area contributed by atoms with Gasteiger partial charge in [0.2, 0.25) is 0 Å². The zero-order chi connectivity index (χ0) is 18.4. The fourth-order valence-corrected chi connectivity index (χ4v) is 2.61. The van der Waals surface area contributed by atoms with Gasteiger partial charge in [-0.3, -0.25) is 10.9 Å². The van der Waals surface area contributed by atoms with E-state index in [0.29, 0.717) is 11.3 Å². The molecule has 0 unspecified atom stereocenters. The van der Waals surface area contributed by atoms with E-state index in [1.807, 2.05) is 6.07 Å². The molecule has 134 valence electrons. The van der Waals surface area contributed by atoms with Gasteiger partial charge in [-0.05, 0) is 42.8 Å². The molecule has 0 bridgehead atoms. The van der Waals surface area contributed by atoms with Crippen molar-refractivity contribution in [1.82, 2.24) is 10.9 Å². The lowest BCUT2D eigenvalue weighted by Gasteiger charge is -2.11. The van der Waals surface area contributed by atoms with Gasteiger partial charge in [0.1, 0.15) is 11.3 Å². The monoisotopic (exact) mass is 361 g/mol. The molecule has 0 spiro atoms. The first-order chi connectivity index (χ1) is 11.9. The first-order valence-electron chi connectivity index (χ1n) is 8.23. The highest BCUT2D eigenvalue weighted by molar-refractivity contribution is 7.80. The smallest absolute Gasteiger partial charge is 0.345 e. The van der Waals surface area contributed by atoms with E-state index in [1.165, 1.54) is 12.5 Å². The van der Waals surface area contributed by atoms with Crippen molar-refractivity contribution in [3.05, 3.63) is 46.3 Å². The summed E-state index contributed by atoms with van der Waals surface area (Å²) >= 11 is 4.70. The number of phenolic OH excluding ortho intramolecular Hbond substituents is 1. The summed E-state index contributed by atoms with van der Waals surface area (Å²) in [5.74, 6) is 0.145. The number of phenols is 1. The van der Waals surface area contributed by atoms with E-state index in [0.717, 1.165) is 36.6 Å². The number of aromatic hydroxyl groups is 1. The highest BCUT2D eigenvalue weighted by Crippen LogP contribution is 2.27. The molecule has 0 aliphatic heterocycles. The van der Waals surface area contributed by atoms with Crippen LogP contribution >= 0.6 is 12.2 Å². The number of rotatable bonds is 8. The Morgan fingerprint density at radius 2 is 2.04 bits per heavy atom. The first-order valence-corrected chi connectivity index (χ1v) is 8.63. The van der Waals surface area contributed by atoms with Crippen molar-refractivity contribution in [1.29, 1.82) is 0 Å². The van der Waals surface area contributed by atoms with E-state index in [4.69, 9.17) is 22.4 Å². The Labute approximate surface area is 151 Å². The van der Waals surface area contributed by atoms with Crippen LogP contribution in [0.1, 0.15) is 43.7 Å². The maximum atomic E-state index is 12.1. The maximum Gasteiger partial charge on any atom is 0.345 e. The summed E-state index contributed by atoms with van der Waals surface area (Å²) in [7, 11) is 0. The van der Waals surface area contributed by atoms with E-state index in [-0.39, 0.29) is 16.4 Å². The van der Waals surface area contributed by atoms with E-state index in [2.05, 4.69) is 24.4 Å². The molecule has 2 rings (SSSR count). The van der Waals surface area contributed by atoms with Crippen LogP contribution in [-0.4, -0.2) is 10.2 Å². The van der Waals surface area contributed by atoms with Gasteiger partial charge in [0.05, 0.1) is 11.3 Å². The van der Waals surface area contributed by atoms with Crippen molar-refractivity contribution < 1.29 is 9.52 Å². The Morgan fingerprint density at radius 3 is 2.72 bits per heavy atom. The van der Waals surface area contributed by atoms with Gasteiger partial charge in [-0.25, -0.2) is 4.79 Å². The number of aryl methyl sites for hydroxylation is 1. The van der Waals surface area contributed by atoms with Crippen LogP contribution in [0, 0.1) is 0 Å². The van der Waals surface area contributed by atoms with Crippen molar-refractivity contribution in [2.24, 2.45) is 5.73 Å². The second-order valence-electron chi connectivity index (χ2n) is 5.87. The average molecular weight is 361 g/mol. The minimum absolute atomic E-state index is 0.0330. The predicted molar refractivity (Wildman–Crippen MR) is 104 cm³/mol. The molecule has 0 aliphatic carbocycles. The van der Waals surface area contributed by atoms with Crippen molar-refractivity contribution in [2.75, 3.05) is 0 Å². The molecular weight excluding hydrogens is 338 g/mol. The van der Waals surface area contributed by atoms with Gasteiger partial charge >= 0.3 is 5.63 Å². The molecule has 7 heteroatoms. The van der Waals surface area contributed by atoms with Crippen LogP contribution in [0.4, 0.5) is 0 Å². The number of unbranched alkanes of at least 4 members (excludes halogenated alkanes) is 3.